The maximum Gasteiger partial charge on any atom is 0.115 e. The number of benzene rings is 2. The van der Waals surface area contributed by atoms with Gasteiger partial charge >= 0.3 is 0 Å². The molecular weight excluding hydrogens is 324 g/mol. The van der Waals surface area contributed by atoms with Crippen molar-refractivity contribution in [2.45, 2.75) is 43.9 Å². The van der Waals surface area contributed by atoms with Gasteiger partial charge in [-0.2, -0.15) is 0 Å². The van der Waals surface area contributed by atoms with Crippen LogP contribution >= 0.6 is 15.9 Å². The fourth-order valence-corrected chi connectivity index (χ4v) is 3.45. The number of phenolic OH excluding ortho intramolecular Hbond substituents is 1. The van der Waals surface area contributed by atoms with E-state index in [2.05, 4.69) is 66.2 Å². The molecule has 0 amide bonds. The zero-order chi connectivity index (χ0) is 15.2. The lowest BCUT2D eigenvalue weighted by Crippen LogP contribution is -2.10. The Morgan fingerprint density at radius 3 is 1.62 bits per heavy atom. The summed E-state index contributed by atoms with van der Waals surface area (Å²) in [6, 6.07) is 16.6. The lowest BCUT2D eigenvalue weighted by Gasteiger charge is -2.26. The summed E-state index contributed by atoms with van der Waals surface area (Å²) in [6.45, 7) is 4.50. The standard InChI is InChI=1S/C19H23BrO/c1-3-18(15-7-5-14(13-20)6-8-15)19(4-2)16-9-11-17(21)12-10-16/h5-12,18-19,21H,3-4,13H2,1-2H3/t18-,19+/m1/s1. The van der Waals surface area contributed by atoms with E-state index in [0.29, 0.717) is 17.6 Å². The van der Waals surface area contributed by atoms with Gasteiger partial charge in [-0.1, -0.05) is 66.2 Å². The Morgan fingerprint density at radius 2 is 1.24 bits per heavy atom. The molecule has 0 aromatic heterocycles. The van der Waals surface area contributed by atoms with Gasteiger partial charge in [-0.15, -0.1) is 0 Å². The minimum Gasteiger partial charge on any atom is -0.508 e. The number of alkyl halides is 1. The van der Waals surface area contributed by atoms with Crippen LogP contribution in [0.25, 0.3) is 0 Å². The summed E-state index contributed by atoms with van der Waals surface area (Å²) < 4.78 is 0. The summed E-state index contributed by atoms with van der Waals surface area (Å²) in [5.41, 5.74) is 4.03. The van der Waals surface area contributed by atoms with E-state index in [1.54, 1.807) is 12.1 Å². The Hall–Kier alpha value is -1.28. The number of halogens is 1. The van der Waals surface area contributed by atoms with E-state index >= 15 is 0 Å². The minimum absolute atomic E-state index is 0.336. The molecule has 0 saturated carbocycles. The van der Waals surface area contributed by atoms with Gasteiger partial charge in [0.1, 0.15) is 5.75 Å². The van der Waals surface area contributed by atoms with E-state index in [-0.39, 0.29) is 0 Å². The van der Waals surface area contributed by atoms with Crippen LogP contribution in [0.15, 0.2) is 48.5 Å². The molecule has 2 atom stereocenters. The zero-order valence-electron chi connectivity index (χ0n) is 12.7. The molecule has 0 fully saturated rings. The van der Waals surface area contributed by atoms with E-state index in [1.165, 1.54) is 16.7 Å². The Morgan fingerprint density at radius 1 is 0.810 bits per heavy atom. The molecule has 0 bridgehead atoms. The monoisotopic (exact) mass is 346 g/mol. The summed E-state index contributed by atoms with van der Waals surface area (Å²) in [5.74, 6) is 1.35. The third kappa shape index (κ3) is 3.88. The first-order valence-electron chi connectivity index (χ1n) is 7.63. The van der Waals surface area contributed by atoms with Crippen LogP contribution < -0.4 is 0 Å². The van der Waals surface area contributed by atoms with Crippen molar-refractivity contribution in [2.24, 2.45) is 0 Å². The molecule has 21 heavy (non-hydrogen) atoms. The number of hydrogen-bond acceptors (Lipinski definition) is 1. The number of hydrogen-bond donors (Lipinski definition) is 1. The summed E-state index contributed by atoms with van der Waals surface area (Å²) in [6.07, 6.45) is 2.22. The van der Waals surface area contributed by atoms with Crippen molar-refractivity contribution in [2.75, 3.05) is 0 Å². The first-order valence-corrected chi connectivity index (χ1v) is 8.75. The number of rotatable bonds is 6. The van der Waals surface area contributed by atoms with E-state index in [1.807, 2.05) is 0 Å². The second kappa shape index (κ2) is 7.65. The smallest absolute Gasteiger partial charge is 0.115 e. The minimum atomic E-state index is 0.336. The van der Waals surface area contributed by atoms with Gasteiger partial charge in [0.05, 0.1) is 0 Å². The molecule has 1 nitrogen and oxygen atoms in total. The van der Waals surface area contributed by atoms with Gasteiger partial charge in [-0.25, -0.2) is 0 Å². The molecule has 1 N–H and O–H groups in total. The van der Waals surface area contributed by atoms with Crippen LogP contribution in [-0.4, -0.2) is 5.11 Å². The maximum absolute atomic E-state index is 9.48. The van der Waals surface area contributed by atoms with Crippen LogP contribution in [0.2, 0.25) is 0 Å². The Balaban J connectivity index is 2.29. The summed E-state index contributed by atoms with van der Waals surface area (Å²) in [5, 5.41) is 10.4. The fourth-order valence-electron chi connectivity index (χ4n) is 3.08. The van der Waals surface area contributed by atoms with E-state index in [9.17, 15) is 5.11 Å². The van der Waals surface area contributed by atoms with Crippen molar-refractivity contribution in [1.29, 1.82) is 0 Å². The first kappa shape index (κ1) is 16.1. The summed E-state index contributed by atoms with van der Waals surface area (Å²) >= 11 is 3.50. The van der Waals surface area contributed by atoms with Gasteiger partial charge in [-0.3, -0.25) is 0 Å². The third-order valence-electron chi connectivity index (χ3n) is 4.25. The predicted molar refractivity (Wildman–Crippen MR) is 93.2 cm³/mol. The molecule has 0 heterocycles. The SMILES string of the molecule is CC[C@H](c1ccc(CBr)cc1)[C@@H](CC)c1ccc(O)cc1. The van der Waals surface area contributed by atoms with Crippen LogP contribution in [-0.2, 0) is 5.33 Å². The average Bonchev–Trinajstić information content (AvgIpc) is 2.54. The molecule has 0 saturated heterocycles. The maximum atomic E-state index is 9.48. The first-order chi connectivity index (χ1) is 10.2. The van der Waals surface area contributed by atoms with E-state index in [0.717, 1.165) is 18.2 Å². The van der Waals surface area contributed by atoms with Crippen molar-refractivity contribution < 1.29 is 5.11 Å². The van der Waals surface area contributed by atoms with Crippen LogP contribution in [0.4, 0.5) is 0 Å². The van der Waals surface area contributed by atoms with Gasteiger partial charge in [0.25, 0.3) is 0 Å². The van der Waals surface area contributed by atoms with Crippen molar-refractivity contribution >= 4 is 15.9 Å². The molecule has 0 radical (unpaired) electrons. The summed E-state index contributed by atoms with van der Waals surface area (Å²) in [7, 11) is 0. The van der Waals surface area contributed by atoms with Crippen LogP contribution in [0, 0.1) is 0 Å². The summed E-state index contributed by atoms with van der Waals surface area (Å²) in [4.78, 5) is 0. The van der Waals surface area contributed by atoms with Gasteiger partial charge < -0.3 is 5.11 Å². The Labute approximate surface area is 136 Å². The molecule has 2 aromatic rings. The highest BCUT2D eigenvalue weighted by Crippen LogP contribution is 2.38. The van der Waals surface area contributed by atoms with E-state index in [4.69, 9.17) is 0 Å². The van der Waals surface area contributed by atoms with Gasteiger partial charge in [0.2, 0.25) is 0 Å². The molecule has 0 aliphatic rings. The molecular formula is C19H23BrO. The van der Waals surface area contributed by atoms with Crippen LogP contribution in [0.1, 0.15) is 55.2 Å². The molecule has 0 spiro atoms. The Kier molecular flexibility index (Phi) is 5.86. The molecule has 2 aromatic carbocycles. The second-order valence-electron chi connectivity index (χ2n) is 5.50. The van der Waals surface area contributed by atoms with E-state index < -0.39 is 0 Å². The lowest BCUT2D eigenvalue weighted by molar-refractivity contribution is 0.473. The zero-order valence-corrected chi connectivity index (χ0v) is 14.3. The van der Waals surface area contributed by atoms with Crippen molar-refractivity contribution in [3.8, 4) is 5.75 Å². The topological polar surface area (TPSA) is 20.2 Å². The second-order valence-corrected chi connectivity index (χ2v) is 6.06. The lowest BCUT2D eigenvalue weighted by atomic mass is 9.78. The van der Waals surface area contributed by atoms with Gasteiger partial charge in [-0.05, 0) is 53.5 Å². The molecule has 2 heteroatoms. The van der Waals surface area contributed by atoms with Crippen molar-refractivity contribution in [1.82, 2.24) is 0 Å². The van der Waals surface area contributed by atoms with Crippen LogP contribution in [0.5, 0.6) is 5.75 Å². The molecule has 0 aliphatic heterocycles. The highest BCUT2D eigenvalue weighted by Gasteiger charge is 2.21. The molecule has 112 valence electrons. The van der Waals surface area contributed by atoms with Crippen molar-refractivity contribution in [3.63, 3.8) is 0 Å². The highest BCUT2D eigenvalue weighted by atomic mass is 79.9. The normalized spacial score (nSPS) is 13.9. The number of phenols is 1. The fraction of sp³-hybridized carbons (Fsp3) is 0.368. The quantitative estimate of drug-likeness (QED) is 0.638. The van der Waals surface area contributed by atoms with Gasteiger partial charge in [0.15, 0.2) is 0 Å². The third-order valence-corrected chi connectivity index (χ3v) is 4.90. The average molecular weight is 347 g/mol. The molecule has 0 unspecified atom stereocenters. The predicted octanol–water partition coefficient (Wildman–Crippen LogP) is 5.97. The molecule has 2 rings (SSSR count). The van der Waals surface area contributed by atoms with Crippen LogP contribution in [0.3, 0.4) is 0 Å². The molecule has 0 aliphatic carbocycles. The Bertz CT molecular complexity index is 545. The number of aromatic hydroxyl groups is 1. The highest BCUT2D eigenvalue weighted by molar-refractivity contribution is 9.08. The van der Waals surface area contributed by atoms with Crippen molar-refractivity contribution in [3.05, 3.63) is 65.2 Å². The van der Waals surface area contributed by atoms with Gasteiger partial charge in [0, 0.05) is 5.33 Å². The largest absolute Gasteiger partial charge is 0.508 e.